The molecule has 1 heterocycles. The first-order valence-electron chi connectivity index (χ1n) is 5.72. The molecule has 2 rings (SSSR count). The van der Waals surface area contributed by atoms with Gasteiger partial charge in [0.2, 0.25) is 0 Å². The highest BCUT2D eigenvalue weighted by molar-refractivity contribution is 4.83. The Morgan fingerprint density at radius 1 is 1.38 bits per heavy atom. The van der Waals surface area contributed by atoms with Crippen molar-refractivity contribution in [3.05, 3.63) is 0 Å². The molecule has 2 aliphatic rings. The Kier molecular flexibility index (Phi) is 2.89. The van der Waals surface area contributed by atoms with Crippen LogP contribution in [0.5, 0.6) is 0 Å². The number of likely N-dealkylation sites (tertiary alicyclic amines) is 1. The fourth-order valence-electron chi connectivity index (χ4n) is 2.49. The number of hydrogen-bond donors (Lipinski definition) is 1. The molecule has 0 radical (unpaired) electrons. The van der Waals surface area contributed by atoms with Crippen molar-refractivity contribution >= 4 is 0 Å². The summed E-state index contributed by atoms with van der Waals surface area (Å²) < 4.78 is 0. The summed E-state index contributed by atoms with van der Waals surface area (Å²) in [6.45, 7) is 7.16. The van der Waals surface area contributed by atoms with Gasteiger partial charge in [0.15, 0.2) is 0 Å². The van der Waals surface area contributed by atoms with Crippen LogP contribution in [0.1, 0.15) is 26.2 Å². The van der Waals surface area contributed by atoms with Crippen molar-refractivity contribution < 1.29 is 0 Å². The van der Waals surface area contributed by atoms with E-state index >= 15 is 0 Å². The third-order valence-corrected chi connectivity index (χ3v) is 3.68. The molecule has 0 aromatic carbocycles. The fourth-order valence-corrected chi connectivity index (χ4v) is 2.49. The number of hydrogen-bond acceptors (Lipinski definition) is 2. The molecule has 2 fully saturated rings. The lowest BCUT2D eigenvalue weighted by molar-refractivity contribution is 0.264. The first-order valence-corrected chi connectivity index (χ1v) is 5.72. The topological polar surface area (TPSA) is 29.3 Å². The van der Waals surface area contributed by atoms with Crippen LogP contribution < -0.4 is 5.73 Å². The van der Waals surface area contributed by atoms with Gasteiger partial charge in [0, 0.05) is 13.1 Å². The van der Waals surface area contributed by atoms with Crippen molar-refractivity contribution in [2.24, 2.45) is 23.5 Å². The normalized spacial score (nSPS) is 32.3. The van der Waals surface area contributed by atoms with Gasteiger partial charge in [0.1, 0.15) is 0 Å². The van der Waals surface area contributed by atoms with Crippen LogP contribution in [0.2, 0.25) is 0 Å². The Balaban J connectivity index is 1.70. The maximum atomic E-state index is 5.67. The highest BCUT2D eigenvalue weighted by Gasteiger charge is 2.30. The van der Waals surface area contributed by atoms with Gasteiger partial charge in [-0.05, 0) is 50.1 Å². The van der Waals surface area contributed by atoms with E-state index < -0.39 is 0 Å². The summed E-state index contributed by atoms with van der Waals surface area (Å²) in [6.07, 6.45) is 4.29. The van der Waals surface area contributed by atoms with Crippen LogP contribution in [-0.4, -0.2) is 31.1 Å². The minimum Gasteiger partial charge on any atom is -0.330 e. The van der Waals surface area contributed by atoms with Gasteiger partial charge in [-0.3, -0.25) is 0 Å². The zero-order chi connectivity index (χ0) is 9.26. The first kappa shape index (κ1) is 9.47. The summed E-state index contributed by atoms with van der Waals surface area (Å²) in [4.78, 5) is 2.61. The Hall–Kier alpha value is -0.0800. The second-order valence-electron chi connectivity index (χ2n) is 4.96. The molecule has 0 aromatic rings. The maximum Gasteiger partial charge on any atom is 0.00223 e. The van der Waals surface area contributed by atoms with Gasteiger partial charge in [0.25, 0.3) is 0 Å². The van der Waals surface area contributed by atoms with E-state index in [1.165, 1.54) is 38.9 Å². The van der Waals surface area contributed by atoms with Gasteiger partial charge in [0.05, 0.1) is 0 Å². The van der Waals surface area contributed by atoms with Crippen molar-refractivity contribution in [3.8, 4) is 0 Å². The second-order valence-corrected chi connectivity index (χ2v) is 4.96. The van der Waals surface area contributed by atoms with E-state index in [4.69, 9.17) is 5.73 Å². The van der Waals surface area contributed by atoms with Crippen molar-refractivity contribution in [1.82, 2.24) is 4.90 Å². The van der Waals surface area contributed by atoms with Crippen LogP contribution in [-0.2, 0) is 0 Å². The summed E-state index contributed by atoms with van der Waals surface area (Å²) in [7, 11) is 0. The number of nitrogens with zero attached hydrogens (tertiary/aromatic N) is 1. The molecular weight excluding hydrogens is 160 g/mol. The minimum atomic E-state index is 0.784. The number of rotatable bonds is 4. The molecule has 2 atom stereocenters. The highest BCUT2D eigenvalue weighted by atomic mass is 15.1. The quantitative estimate of drug-likeness (QED) is 0.710. The fraction of sp³-hybridized carbons (Fsp3) is 1.00. The smallest absolute Gasteiger partial charge is 0.00223 e. The van der Waals surface area contributed by atoms with Crippen LogP contribution in [0, 0.1) is 17.8 Å². The van der Waals surface area contributed by atoms with Gasteiger partial charge in [-0.1, -0.05) is 6.92 Å². The third kappa shape index (κ3) is 2.44. The maximum absolute atomic E-state index is 5.67. The predicted octanol–water partition coefficient (Wildman–Crippen LogP) is 1.31. The molecule has 2 N–H and O–H groups in total. The SMILES string of the molecule is CC(CN1CCC(CN)C1)C1CC1. The van der Waals surface area contributed by atoms with E-state index in [-0.39, 0.29) is 0 Å². The van der Waals surface area contributed by atoms with Crippen molar-refractivity contribution in [2.75, 3.05) is 26.2 Å². The summed E-state index contributed by atoms with van der Waals surface area (Å²) in [5.74, 6) is 2.76. The van der Waals surface area contributed by atoms with Crippen molar-refractivity contribution in [1.29, 1.82) is 0 Å². The van der Waals surface area contributed by atoms with E-state index in [0.29, 0.717) is 0 Å². The predicted molar refractivity (Wildman–Crippen MR) is 55.5 cm³/mol. The van der Waals surface area contributed by atoms with Gasteiger partial charge in [-0.25, -0.2) is 0 Å². The van der Waals surface area contributed by atoms with E-state index in [1.54, 1.807) is 0 Å². The largest absolute Gasteiger partial charge is 0.330 e. The van der Waals surface area contributed by atoms with E-state index in [9.17, 15) is 0 Å². The summed E-state index contributed by atoms with van der Waals surface area (Å²) in [5, 5.41) is 0. The molecule has 1 saturated carbocycles. The summed E-state index contributed by atoms with van der Waals surface area (Å²) in [6, 6.07) is 0. The number of nitrogens with two attached hydrogens (primary N) is 1. The molecule has 1 aliphatic carbocycles. The van der Waals surface area contributed by atoms with Gasteiger partial charge < -0.3 is 10.6 Å². The summed E-state index contributed by atoms with van der Waals surface area (Å²) in [5.41, 5.74) is 5.67. The molecule has 2 heteroatoms. The monoisotopic (exact) mass is 182 g/mol. The highest BCUT2D eigenvalue weighted by Crippen LogP contribution is 2.37. The molecule has 1 saturated heterocycles. The standard InChI is InChI=1S/C11H22N2/c1-9(11-2-3-11)7-13-5-4-10(6-12)8-13/h9-11H,2-8,12H2,1H3. The zero-order valence-electron chi connectivity index (χ0n) is 8.71. The molecule has 2 unspecified atom stereocenters. The lowest BCUT2D eigenvalue weighted by Gasteiger charge is -2.20. The molecule has 0 aromatic heterocycles. The van der Waals surface area contributed by atoms with Crippen LogP contribution in [0.25, 0.3) is 0 Å². The van der Waals surface area contributed by atoms with Crippen LogP contribution in [0.3, 0.4) is 0 Å². The van der Waals surface area contributed by atoms with Gasteiger partial charge >= 0.3 is 0 Å². The Labute approximate surface area is 81.5 Å². The van der Waals surface area contributed by atoms with Crippen molar-refractivity contribution in [2.45, 2.75) is 26.2 Å². The van der Waals surface area contributed by atoms with E-state index in [0.717, 1.165) is 24.3 Å². The molecular formula is C11H22N2. The van der Waals surface area contributed by atoms with Crippen LogP contribution >= 0.6 is 0 Å². The Morgan fingerprint density at radius 2 is 2.15 bits per heavy atom. The lowest BCUT2D eigenvalue weighted by atomic mass is 10.1. The molecule has 13 heavy (non-hydrogen) atoms. The van der Waals surface area contributed by atoms with Gasteiger partial charge in [-0.15, -0.1) is 0 Å². The average molecular weight is 182 g/mol. The Bertz CT molecular complexity index is 165. The minimum absolute atomic E-state index is 0.784. The molecule has 0 spiro atoms. The summed E-state index contributed by atoms with van der Waals surface area (Å²) >= 11 is 0. The van der Waals surface area contributed by atoms with Gasteiger partial charge in [-0.2, -0.15) is 0 Å². The van der Waals surface area contributed by atoms with Crippen LogP contribution in [0.4, 0.5) is 0 Å². The zero-order valence-corrected chi connectivity index (χ0v) is 8.71. The van der Waals surface area contributed by atoms with Crippen LogP contribution in [0.15, 0.2) is 0 Å². The Morgan fingerprint density at radius 3 is 2.69 bits per heavy atom. The molecule has 1 aliphatic heterocycles. The van der Waals surface area contributed by atoms with Crippen molar-refractivity contribution in [3.63, 3.8) is 0 Å². The average Bonchev–Trinajstić information content (AvgIpc) is 2.88. The molecule has 0 amide bonds. The molecule has 0 bridgehead atoms. The lowest BCUT2D eigenvalue weighted by Crippen LogP contribution is -2.28. The third-order valence-electron chi connectivity index (χ3n) is 3.68. The first-order chi connectivity index (χ1) is 6.29. The van der Waals surface area contributed by atoms with E-state index in [1.807, 2.05) is 0 Å². The molecule has 2 nitrogen and oxygen atoms in total. The van der Waals surface area contributed by atoms with E-state index in [2.05, 4.69) is 11.8 Å². The molecule has 76 valence electrons. The second kappa shape index (κ2) is 3.97.